The van der Waals surface area contributed by atoms with Gasteiger partial charge in [0.2, 0.25) is 0 Å². The molecular weight excluding hydrogens is 232 g/mol. The predicted octanol–water partition coefficient (Wildman–Crippen LogP) is 4.05. The quantitative estimate of drug-likeness (QED) is 0.870. The molecule has 0 bridgehead atoms. The Morgan fingerprint density at radius 2 is 2.00 bits per heavy atom. The molecule has 0 saturated carbocycles. The number of aryl methyl sites for hydroxylation is 1. The predicted molar refractivity (Wildman–Crippen MR) is 76.9 cm³/mol. The molecule has 2 aromatic rings. The maximum Gasteiger partial charge on any atom is 0.0992 e. The van der Waals surface area contributed by atoms with Gasteiger partial charge in [0, 0.05) is 5.69 Å². The molecule has 3 rings (SSSR count). The van der Waals surface area contributed by atoms with Crippen molar-refractivity contribution >= 4 is 5.69 Å². The smallest absolute Gasteiger partial charge is 0.0992 e. The zero-order chi connectivity index (χ0) is 13.1. The van der Waals surface area contributed by atoms with Crippen LogP contribution >= 0.6 is 0 Å². The summed E-state index contributed by atoms with van der Waals surface area (Å²) in [6.45, 7) is 0. The third-order valence-electron chi connectivity index (χ3n) is 3.70. The average Bonchev–Trinajstić information content (AvgIpc) is 2.48. The highest BCUT2D eigenvalue weighted by molar-refractivity contribution is 5.51. The Bertz CT molecular complexity index is 625. The van der Waals surface area contributed by atoms with E-state index in [1.165, 1.54) is 24.0 Å². The Labute approximate surface area is 113 Å². The molecular formula is C17H16N2. The van der Waals surface area contributed by atoms with Gasteiger partial charge in [-0.3, -0.25) is 0 Å². The highest BCUT2D eigenvalue weighted by atomic mass is 14.9. The molecule has 1 N–H and O–H groups in total. The van der Waals surface area contributed by atoms with Crippen molar-refractivity contribution in [2.45, 2.75) is 25.3 Å². The van der Waals surface area contributed by atoms with Crippen LogP contribution < -0.4 is 5.32 Å². The lowest BCUT2D eigenvalue weighted by Gasteiger charge is -2.27. The third kappa shape index (κ3) is 2.46. The largest absolute Gasteiger partial charge is 0.378 e. The van der Waals surface area contributed by atoms with Crippen molar-refractivity contribution in [3.63, 3.8) is 0 Å². The number of nitriles is 1. The van der Waals surface area contributed by atoms with Crippen LogP contribution in [0.25, 0.3) is 0 Å². The third-order valence-corrected chi connectivity index (χ3v) is 3.70. The Morgan fingerprint density at radius 1 is 1.11 bits per heavy atom. The van der Waals surface area contributed by atoms with Crippen LogP contribution in [-0.2, 0) is 6.42 Å². The zero-order valence-electron chi connectivity index (χ0n) is 10.8. The van der Waals surface area contributed by atoms with E-state index in [1.807, 2.05) is 24.3 Å². The van der Waals surface area contributed by atoms with Crippen LogP contribution in [0.15, 0.2) is 48.5 Å². The summed E-state index contributed by atoms with van der Waals surface area (Å²) in [7, 11) is 0. The summed E-state index contributed by atoms with van der Waals surface area (Å²) >= 11 is 0. The van der Waals surface area contributed by atoms with Crippen molar-refractivity contribution in [3.8, 4) is 6.07 Å². The maximum absolute atomic E-state index is 8.95. The van der Waals surface area contributed by atoms with E-state index in [9.17, 15) is 0 Å². The Hall–Kier alpha value is -2.27. The highest BCUT2D eigenvalue weighted by Gasteiger charge is 2.19. The lowest BCUT2D eigenvalue weighted by molar-refractivity contribution is 0.600. The zero-order valence-corrected chi connectivity index (χ0v) is 10.8. The van der Waals surface area contributed by atoms with E-state index in [0.717, 1.165) is 12.1 Å². The number of anilines is 1. The molecule has 94 valence electrons. The molecule has 0 aliphatic heterocycles. The van der Waals surface area contributed by atoms with E-state index < -0.39 is 0 Å². The molecule has 2 aromatic carbocycles. The van der Waals surface area contributed by atoms with Crippen LogP contribution in [0.3, 0.4) is 0 Å². The summed E-state index contributed by atoms with van der Waals surface area (Å²) in [6.07, 6.45) is 3.53. The van der Waals surface area contributed by atoms with Crippen LogP contribution in [0.5, 0.6) is 0 Å². The van der Waals surface area contributed by atoms with E-state index in [1.54, 1.807) is 0 Å². The Balaban J connectivity index is 1.86. The fourth-order valence-electron chi connectivity index (χ4n) is 2.78. The summed E-state index contributed by atoms with van der Waals surface area (Å²) in [5, 5.41) is 12.5. The van der Waals surface area contributed by atoms with Crippen LogP contribution in [0.2, 0.25) is 0 Å². The topological polar surface area (TPSA) is 35.8 Å². The molecule has 1 unspecified atom stereocenters. The molecule has 0 amide bonds. The normalized spacial score (nSPS) is 17.3. The van der Waals surface area contributed by atoms with Gasteiger partial charge >= 0.3 is 0 Å². The van der Waals surface area contributed by atoms with Crippen LogP contribution in [0.1, 0.15) is 35.6 Å². The fourth-order valence-corrected chi connectivity index (χ4v) is 2.78. The maximum atomic E-state index is 8.95. The van der Waals surface area contributed by atoms with Crippen LogP contribution in [-0.4, -0.2) is 0 Å². The molecule has 0 heterocycles. The second-order valence-corrected chi connectivity index (χ2v) is 4.98. The molecule has 0 spiro atoms. The number of fused-ring (bicyclic) bond motifs is 1. The van der Waals surface area contributed by atoms with Crippen molar-refractivity contribution in [2.24, 2.45) is 0 Å². The number of nitrogens with one attached hydrogen (secondary N) is 1. The number of hydrogen-bond donors (Lipinski definition) is 1. The average molecular weight is 248 g/mol. The van der Waals surface area contributed by atoms with Gasteiger partial charge < -0.3 is 5.32 Å². The fraction of sp³-hybridized carbons (Fsp3) is 0.235. The van der Waals surface area contributed by atoms with Gasteiger partial charge in [0.05, 0.1) is 17.7 Å². The van der Waals surface area contributed by atoms with Gasteiger partial charge in [0.25, 0.3) is 0 Å². The van der Waals surface area contributed by atoms with Crippen molar-refractivity contribution < 1.29 is 0 Å². The first kappa shape index (κ1) is 11.8. The highest BCUT2D eigenvalue weighted by Crippen LogP contribution is 2.32. The van der Waals surface area contributed by atoms with Gasteiger partial charge in [-0.05, 0) is 48.6 Å². The van der Waals surface area contributed by atoms with Crippen molar-refractivity contribution in [2.75, 3.05) is 5.32 Å². The Morgan fingerprint density at radius 3 is 2.89 bits per heavy atom. The van der Waals surface area contributed by atoms with E-state index in [-0.39, 0.29) is 0 Å². The molecule has 2 heteroatoms. The monoisotopic (exact) mass is 248 g/mol. The second kappa shape index (κ2) is 5.16. The summed E-state index contributed by atoms with van der Waals surface area (Å²) in [5.41, 5.74) is 4.58. The SMILES string of the molecule is N#Cc1cccc(NC2CCCc3ccccc32)c1. The number of benzene rings is 2. The standard InChI is InChI=1S/C17H16N2/c18-12-13-5-3-8-15(11-13)19-17-10-4-7-14-6-1-2-9-16(14)17/h1-3,5-6,8-9,11,17,19H,4,7,10H2. The van der Waals surface area contributed by atoms with Gasteiger partial charge in [-0.2, -0.15) is 5.26 Å². The van der Waals surface area contributed by atoms with E-state index in [4.69, 9.17) is 5.26 Å². The van der Waals surface area contributed by atoms with Crippen LogP contribution in [0.4, 0.5) is 5.69 Å². The summed E-state index contributed by atoms with van der Waals surface area (Å²) in [6, 6.07) is 18.9. The van der Waals surface area contributed by atoms with Crippen molar-refractivity contribution in [3.05, 3.63) is 65.2 Å². The first-order valence-corrected chi connectivity index (χ1v) is 6.71. The van der Waals surface area contributed by atoms with E-state index >= 15 is 0 Å². The van der Waals surface area contributed by atoms with Gasteiger partial charge in [-0.25, -0.2) is 0 Å². The molecule has 1 aliphatic rings. The van der Waals surface area contributed by atoms with Crippen molar-refractivity contribution in [1.82, 2.24) is 0 Å². The minimum atomic E-state index is 0.360. The van der Waals surface area contributed by atoms with Gasteiger partial charge in [0.1, 0.15) is 0 Å². The first-order valence-electron chi connectivity index (χ1n) is 6.71. The van der Waals surface area contributed by atoms with Gasteiger partial charge in [-0.1, -0.05) is 30.3 Å². The molecule has 1 aliphatic carbocycles. The lowest BCUT2D eigenvalue weighted by atomic mass is 9.87. The summed E-state index contributed by atoms with van der Waals surface area (Å²) in [4.78, 5) is 0. The van der Waals surface area contributed by atoms with Gasteiger partial charge in [-0.15, -0.1) is 0 Å². The van der Waals surface area contributed by atoms with Crippen molar-refractivity contribution in [1.29, 1.82) is 5.26 Å². The molecule has 0 fully saturated rings. The van der Waals surface area contributed by atoms with Gasteiger partial charge in [0.15, 0.2) is 0 Å². The number of hydrogen-bond acceptors (Lipinski definition) is 2. The molecule has 0 saturated heterocycles. The minimum Gasteiger partial charge on any atom is -0.378 e. The van der Waals surface area contributed by atoms with Crippen LogP contribution in [0, 0.1) is 11.3 Å². The molecule has 2 nitrogen and oxygen atoms in total. The van der Waals surface area contributed by atoms with E-state index in [2.05, 4.69) is 35.7 Å². The summed E-state index contributed by atoms with van der Waals surface area (Å²) in [5.74, 6) is 0. The molecule has 19 heavy (non-hydrogen) atoms. The minimum absolute atomic E-state index is 0.360. The number of rotatable bonds is 2. The molecule has 0 aromatic heterocycles. The second-order valence-electron chi connectivity index (χ2n) is 4.98. The van der Waals surface area contributed by atoms with E-state index in [0.29, 0.717) is 11.6 Å². The summed E-state index contributed by atoms with van der Waals surface area (Å²) < 4.78 is 0. The Kier molecular flexibility index (Phi) is 3.20. The lowest BCUT2D eigenvalue weighted by Crippen LogP contribution is -2.17. The molecule has 1 atom stereocenters. The molecule has 0 radical (unpaired) electrons. The number of nitrogens with zero attached hydrogens (tertiary/aromatic N) is 1. The first-order chi connectivity index (χ1) is 9.36.